The fraction of sp³-hybridized carbons (Fsp3) is 0.118. The maximum Gasteiger partial charge on any atom is 0.266 e. The van der Waals surface area contributed by atoms with E-state index in [1.165, 1.54) is 0 Å². The van der Waals surface area contributed by atoms with E-state index in [0.29, 0.717) is 15.9 Å². The largest absolute Gasteiger partial charge is 0.364 e. The number of H-pyrrole nitrogens is 1. The van der Waals surface area contributed by atoms with Crippen molar-refractivity contribution in [2.45, 2.75) is 13.8 Å². The van der Waals surface area contributed by atoms with E-state index < -0.39 is 13.3 Å². The third-order valence-electron chi connectivity index (χ3n) is 4.12. The number of aromatic nitrogens is 1. The number of hydrogen-bond donors (Lipinski definition) is 3. The van der Waals surface area contributed by atoms with E-state index in [0.717, 1.165) is 11.1 Å². The minimum atomic E-state index is -4.04. The molecule has 124 valence electrons. The van der Waals surface area contributed by atoms with Crippen LogP contribution in [0.1, 0.15) is 21.6 Å². The topological polar surface area (TPSA) is 96.2 Å². The van der Waals surface area contributed by atoms with Crippen LogP contribution in [0.3, 0.4) is 0 Å². The van der Waals surface area contributed by atoms with Crippen molar-refractivity contribution in [3.8, 4) is 0 Å². The molecule has 0 bridgehead atoms. The van der Waals surface area contributed by atoms with Gasteiger partial charge in [0.25, 0.3) is 13.3 Å². The SMILES string of the molecule is Cc1ccc(P(=O)(O)c2c(C(N)=O)[nH]c3ccc(Cl)cc23)cc1C. The van der Waals surface area contributed by atoms with Crippen LogP contribution in [0.15, 0.2) is 36.4 Å². The summed E-state index contributed by atoms with van der Waals surface area (Å²) in [5.74, 6) is -0.796. The number of halogens is 1. The van der Waals surface area contributed by atoms with Crippen molar-refractivity contribution in [2.75, 3.05) is 0 Å². The van der Waals surface area contributed by atoms with E-state index in [4.69, 9.17) is 17.3 Å². The fourth-order valence-corrected chi connectivity index (χ4v) is 4.74. The molecule has 4 N–H and O–H groups in total. The summed E-state index contributed by atoms with van der Waals surface area (Å²) in [7, 11) is -4.04. The molecule has 7 heteroatoms. The van der Waals surface area contributed by atoms with Gasteiger partial charge in [0, 0.05) is 21.2 Å². The second-order valence-electron chi connectivity index (χ2n) is 5.75. The number of amides is 1. The molecule has 1 amide bonds. The molecule has 1 aromatic heterocycles. The second-order valence-corrected chi connectivity index (χ2v) is 8.30. The van der Waals surface area contributed by atoms with E-state index >= 15 is 0 Å². The summed E-state index contributed by atoms with van der Waals surface area (Å²) < 4.78 is 13.3. The summed E-state index contributed by atoms with van der Waals surface area (Å²) in [6.45, 7) is 3.78. The predicted molar refractivity (Wildman–Crippen MR) is 96.8 cm³/mol. The van der Waals surface area contributed by atoms with Gasteiger partial charge in [-0.3, -0.25) is 9.36 Å². The Kier molecular flexibility index (Phi) is 4.04. The van der Waals surface area contributed by atoms with Gasteiger partial charge in [0.05, 0.1) is 5.30 Å². The molecule has 5 nitrogen and oxygen atoms in total. The molecule has 3 aromatic rings. The Morgan fingerprint density at radius 1 is 1.17 bits per heavy atom. The number of aromatic amines is 1. The summed E-state index contributed by atoms with van der Waals surface area (Å²) in [5, 5.41) is 1.06. The molecule has 0 radical (unpaired) electrons. The zero-order valence-corrected chi connectivity index (χ0v) is 14.8. The molecule has 0 aliphatic heterocycles. The Bertz CT molecular complexity index is 1030. The first-order valence-electron chi connectivity index (χ1n) is 7.24. The molecule has 0 fully saturated rings. The molecule has 3 rings (SSSR count). The van der Waals surface area contributed by atoms with Crippen LogP contribution >= 0.6 is 19.0 Å². The number of aryl methyl sites for hydroxylation is 2. The van der Waals surface area contributed by atoms with Crippen molar-refractivity contribution in [1.82, 2.24) is 4.98 Å². The first-order valence-corrected chi connectivity index (χ1v) is 9.28. The van der Waals surface area contributed by atoms with Crippen molar-refractivity contribution in [2.24, 2.45) is 5.73 Å². The number of hydrogen-bond acceptors (Lipinski definition) is 2. The van der Waals surface area contributed by atoms with E-state index in [-0.39, 0.29) is 16.3 Å². The Balaban J connectivity index is 2.35. The van der Waals surface area contributed by atoms with Gasteiger partial charge in [0.2, 0.25) is 0 Å². The van der Waals surface area contributed by atoms with Crippen LogP contribution in [0.4, 0.5) is 0 Å². The van der Waals surface area contributed by atoms with Crippen LogP contribution < -0.4 is 16.3 Å². The minimum Gasteiger partial charge on any atom is -0.364 e. The van der Waals surface area contributed by atoms with Crippen LogP contribution in [-0.2, 0) is 4.57 Å². The number of carbonyl (C=O) groups excluding carboxylic acids is 1. The highest BCUT2D eigenvalue weighted by Gasteiger charge is 2.33. The first-order chi connectivity index (χ1) is 11.2. The van der Waals surface area contributed by atoms with Crippen LogP contribution in [0.25, 0.3) is 10.9 Å². The zero-order chi connectivity index (χ0) is 17.6. The number of nitrogens with two attached hydrogens (primary N) is 1. The van der Waals surface area contributed by atoms with Crippen LogP contribution in [0.5, 0.6) is 0 Å². The van der Waals surface area contributed by atoms with Gasteiger partial charge >= 0.3 is 0 Å². The standard InChI is InChI=1S/C17H16ClN2O3P/c1-9-3-5-12(7-10(9)2)24(22,23)16-13-8-11(18)4-6-14(13)20-15(16)17(19)21/h3-8,20H,1-2H3,(H2,19,21)(H,22,23). The predicted octanol–water partition coefficient (Wildman–Crippen LogP) is 2.76. The first kappa shape index (κ1) is 16.8. The average molecular weight is 363 g/mol. The molecule has 1 heterocycles. The Labute approximate surface area is 143 Å². The van der Waals surface area contributed by atoms with Crippen molar-refractivity contribution in [3.05, 3.63) is 58.2 Å². The van der Waals surface area contributed by atoms with E-state index in [1.54, 1.807) is 36.4 Å². The average Bonchev–Trinajstić information content (AvgIpc) is 2.89. The van der Waals surface area contributed by atoms with Crippen molar-refractivity contribution in [3.63, 3.8) is 0 Å². The Morgan fingerprint density at radius 3 is 2.50 bits per heavy atom. The lowest BCUT2D eigenvalue weighted by Gasteiger charge is -2.14. The Morgan fingerprint density at radius 2 is 1.88 bits per heavy atom. The van der Waals surface area contributed by atoms with E-state index in [1.807, 2.05) is 13.8 Å². The van der Waals surface area contributed by atoms with Gasteiger partial charge in [-0.1, -0.05) is 17.7 Å². The lowest BCUT2D eigenvalue weighted by Crippen LogP contribution is -2.25. The molecule has 0 spiro atoms. The van der Waals surface area contributed by atoms with Gasteiger partial charge in [0.1, 0.15) is 5.69 Å². The normalized spacial score (nSPS) is 13.8. The molecule has 0 aliphatic rings. The van der Waals surface area contributed by atoms with Gasteiger partial charge in [-0.15, -0.1) is 0 Å². The van der Waals surface area contributed by atoms with Gasteiger partial charge in [0.15, 0.2) is 0 Å². The third-order valence-corrected chi connectivity index (χ3v) is 6.41. The van der Waals surface area contributed by atoms with Gasteiger partial charge in [-0.25, -0.2) is 0 Å². The van der Waals surface area contributed by atoms with E-state index in [9.17, 15) is 14.3 Å². The van der Waals surface area contributed by atoms with Gasteiger partial charge < -0.3 is 15.6 Å². The highest BCUT2D eigenvalue weighted by atomic mass is 35.5. The quantitative estimate of drug-likeness (QED) is 0.625. The second kappa shape index (κ2) is 5.78. The summed E-state index contributed by atoms with van der Waals surface area (Å²) >= 11 is 6.02. The summed E-state index contributed by atoms with van der Waals surface area (Å²) in [4.78, 5) is 25.5. The highest BCUT2D eigenvalue weighted by Crippen LogP contribution is 2.42. The fourth-order valence-electron chi connectivity index (χ4n) is 2.69. The highest BCUT2D eigenvalue weighted by molar-refractivity contribution is 7.74. The van der Waals surface area contributed by atoms with Crippen LogP contribution in [-0.4, -0.2) is 15.8 Å². The molecular formula is C17H16ClN2O3P. The minimum absolute atomic E-state index is 0.00393. The molecule has 0 saturated carbocycles. The van der Waals surface area contributed by atoms with Gasteiger partial charge in [-0.2, -0.15) is 0 Å². The molecule has 1 unspecified atom stereocenters. The van der Waals surface area contributed by atoms with Crippen molar-refractivity contribution < 1.29 is 14.3 Å². The van der Waals surface area contributed by atoms with Gasteiger partial charge in [-0.05, 0) is 55.3 Å². The number of nitrogens with one attached hydrogen (secondary N) is 1. The number of fused-ring (bicyclic) bond motifs is 1. The van der Waals surface area contributed by atoms with Crippen LogP contribution in [0, 0.1) is 13.8 Å². The number of rotatable bonds is 3. The maximum absolute atomic E-state index is 13.3. The third kappa shape index (κ3) is 2.65. The summed E-state index contributed by atoms with van der Waals surface area (Å²) in [6, 6.07) is 9.86. The molecular weight excluding hydrogens is 347 g/mol. The van der Waals surface area contributed by atoms with E-state index in [2.05, 4.69) is 4.98 Å². The monoisotopic (exact) mass is 362 g/mol. The number of primary amides is 1. The molecule has 0 saturated heterocycles. The molecule has 24 heavy (non-hydrogen) atoms. The maximum atomic E-state index is 13.3. The van der Waals surface area contributed by atoms with Crippen molar-refractivity contribution in [1.29, 1.82) is 0 Å². The smallest absolute Gasteiger partial charge is 0.266 e. The Hall–Kier alpha value is -2.07. The zero-order valence-electron chi connectivity index (χ0n) is 13.1. The number of benzene rings is 2. The lowest BCUT2D eigenvalue weighted by molar-refractivity contribution is 0.0997. The van der Waals surface area contributed by atoms with Crippen molar-refractivity contribution >= 4 is 46.4 Å². The molecule has 0 aliphatic carbocycles. The summed E-state index contributed by atoms with van der Waals surface area (Å²) in [5.41, 5.74) is 7.77. The number of carbonyl (C=O) groups is 1. The lowest BCUT2D eigenvalue weighted by atomic mass is 10.1. The molecule has 1 atom stereocenters. The molecule has 2 aromatic carbocycles. The van der Waals surface area contributed by atoms with Crippen LogP contribution in [0.2, 0.25) is 5.02 Å². The summed E-state index contributed by atoms with van der Waals surface area (Å²) in [6.07, 6.45) is 0.